The number of carboxylic acids is 1. The molecule has 17 heavy (non-hydrogen) atoms. The fourth-order valence-corrected chi connectivity index (χ4v) is 3.32. The molecule has 2 heterocycles. The van der Waals surface area contributed by atoms with Crippen molar-refractivity contribution in [3.05, 3.63) is 0 Å². The summed E-state index contributed by atoms with van der Waals surface area (Å²) in [7, 11) is 0. The summed E-state index contributed by atoms with van der Waals surface area (Å²) in [4.78, 5) is 13.6. The molecule has 0 bridgehead atoms. The van der Waals surface area contributed by atoms with E-state index in [-0.39, 0.29) is 5.54 Å². The van der Waals surface area contributed by atoms with Gasteiger partial charge in [-0.3, -0.25) is 9.69 Å². The molecule has 4 heteroatoms. The average Bonchev–Trinajstić information content (AvgIpc) is 2.71. The Labute approximate surface area is 103 Å². The van der Waals surface area contributed by atoms with Crippen molar-refractivity contribution >= 4 is 5.97 Å². The Kier molecular flexibility index (Phi) is 2.99. The summed E-state index contributed by atoms with van der Waals surface area (Å²) in [5.74, 6) is 0.644. The van der Waals surface area contributed by atoms with E-state index in [0.29, 0.717) is 18.4 Å². The maximum Gasteiger partial charge on any atom is 0.310 e. The highest BCUT2D eigenvalue weighted by Gasteiger charge is 2.50. The summed E-state index contributed by atoms with van der Waals surface area (Å²) in [6.07, 6.45) is 0. The van der Waals surface area contributed by atoms with E-state index in [2.05, 4.69) is 24.1 Å². The molecule has 2 N–H and O–H groups in total. The molecule has 2 aliphatic rings. The molecule has 0 aromatic heterocycles. The monoisotopic (exact) mass is 240 g/mol. The summed E-state index contributed by atoms with van der Waals surface area (Å²) in [6.45, 7) is 12.0. The van der Waals surface area contributed by atoms with Crippen molar-refractivity contribution in [2.75, 3.05) is 26.2 Å². The molecule has 0 aromatic rings. The zero-order valence-corrected chi connectivity index (χ0v) is 11.3. The summed E-state index contributed by atoms with van der Waals surface area (Å²) in [5.41, 5.74) is -0.551. The molecular formula is C13H24N2O2. The summed E-state index contributed by atoms with van der Waals surface area (Å²) in [6, 6.07) is 0. The van der Waals surface area contributed by atoms with Crippen molar-refractivity contribution in [3.8, 4) is 0 Å². The van der Waals surface area contributed by atoms with E-state index in [1.165, 1.54) is 0 Å². The normalized spacial score (nSPS) is 32.7. The van der Waals surface area contributed by atoms with Crippen LogP contribution in [0.3, 0.4) is 0 Å². The number of carbonyl (C=O) groups is 1. The molecule has 0 spiro atoms. The number of fused-ring (bicyclic) bond motifs is 1. The summed E-state index contributed by atoms with van der Waals surface area (Å²) in [5, 5.41) is 12.7. The molecule has 2 atom stereocenters. The van der Waals surface area contributed by atoms with Crippen LogP contribution in [0, 0.1) is 17.3 Å². The minimum Gasteiger partial charge on any atom is -0.481 e. The quantitative estimate of drug-likeness (QED) is 0.773. The Bertz CT molecular complexity index is 325. The smallest absolute Gasteiger partial charge is 0.310 e. The van der Waals surface area contributed by atoms with Crippen LogP contribution in [0.5, 0.6) is 0 Å². The number of likely N-dealkylation sites (tertiary alicyclic amines) is 1. The second kappa shape index (κ2) is 3.95. The van der Waals surface area contributed by atoms with Gasteiger partial charge in [-0.25, -0.2) is 0 Å². The Morgan fingerprint density at radius 2 is 2.12 bits per heavy atom. The molecule has 0 saturated carbocycles. The third kappa shape index (κ3) is 2.08. The molecule has 2 rings (SSSR count). The predicted octanol–water partition coefficient (Wildman–Crippen LogP) is 1.03. The average molecular weight is 240 g/mol. The lowest BCUT2D eigenvalue weighted by Crippen LogP contribution is -2.49. The van der Waals surface area contributed by atoms with Gasteiger partial charge in [0, 0.05) is 25.2 Å². The first-order valence-corrected chi connectivity index (χ1v) is 6.44. The van der Waals surface area contributed by atoms with E-state index in [1.807, 2.05) is 13.8 Å². The first-order chi connectivity index (χ1) is 7.75. The Morgan fingerprint density at radius 3 is 2.65 bits per heavy atom. The van der Waals surface area contributed by atoms with E-state index >= 15 is 0 Å². The minimum absolute atomic E-state index is 0.112. The molecule has 2 fully saturated rings. The molecule has 0 aromatic carbocycles. The van der Waals surface area contributed by atoms with Crippen LogP contribution in [-0.4, -0.2) is 47.7 Å². The number of carboxylic acid groups (broad SMARTS) is 1. The van der Waals surface area contributed by atoms with Gasteiger partial charge in [0.2, 0.25) is 0 Å². The van der Waals surface area contributed by atoms with Crippen LogP contribution < -0.4 is 5.32 Å². The largest absolute Gasteiger partial charge is 0.481 e. The fourth-order valence-electron chi connectivity index (χ4n) is 3.32. The van der Waals surface area contributed by atoms with Crippen LogP contribution >= 0.6 is 0 Å². The third-order valence-electron chi connectivity index (χ3n) is 4.68. The highest BCUT2D eigenvalue weighted by Crippen LogP contribution is 2.41. The number of nitrogens with one attached hydrogen (secondary N) is 1. The lowest BCUT2D eigenvalue weighted by molar-refractivity contribution is -0.148. The number of rotatable bonds is 3. The molecule has 0 aliphatic carbocycles. The third-order valence-corrected chi connectivity index (χ3v) is 4.68. The Morgan fingerprint density at radius 1 is 1.47 bits per heavy atom. The van der Waals surface area contributed by atoms with E-state index in [9.17, 15) is 9.90 Å². The SMILES string of the molecule is CC(C)(CN1CC2CNCC2C1(C)C)C(=O)O. The van der Waals surface area contributed by atoms with Gasteiger partial charge in [-0.15, -0.1) is 0 Å². The van der Waals surface area contributed by atoms with E-state index < -0.39 is 11.4 Å². The van der Waals surface area contributed by atoms with Crippen LogP contribution in [0.4, 0.5) is 0 Å². The van der Waals surface area contributed by atoms with Crippen LogP contribution in [0.2, 0.25) is 0 Å². The Hall–Kier alpha value is -0.610. The second-order valence-corrected chi connectivity index (χ2v) is 6.75. The van der Waals surface area contributed by atoms with Gasteiger partial charge in [0.25, 0.3) is 0 Å². The van der Waals surface area contributed by atoms with Crippen molar-refractivity contribution in [3.63, 3.8) is 0 Å². The van der Waals surface area contributed by atoms with Crippen LogP contribution in [0.1, 0.15) is 27.7 Å². The molecule has 0 amide bonds. The van der Waals surface area contributed by atoms with E-state index in [0.717, 1.165) is 19.6 Å². The highest BCUT2D eigenvalue weighted by atomic mass is 16.4. The van der Waals surface area contributed by atoms with Gasteiger partial charge in [-0.2, -0.15) is 0 Å². The standard InChI is InChI=1S/C13H24N2O2/c1-12(2,11(16)17)8-15-7-9-5-14-6-10(9)13(15,3)4/h9-10,14H,5-8H2,1-4H3,(H,16,17). The Balaban J connectivity index is 2.11. The van der Waals surface area contributed by atoms with Gasteiger partial charge in [-0.1, -0.05) is 0 Å². The molecule has 0 radical (unpaired) electrons. The number of nitrogens with zero attached hydrogens (tertiary/aromatic N) is 1. The highest BCUT2D eigenvalue weighted by molar-refractivity contribution is 5.73. The van der Waals surface area contributed by atoms with Crippen molar-refractivity contribution in [1.29, 1.82) is 0 Å². The van der Waals surface area contributed by atoms with Crippen molar-refractivity contribution in [1.82, 2.24) is 10.2 Å². The van der Waals surface area contributed by atoms with Crippen LogP contribution in [-0.2, 0) is 4.79 Å². The predicted molar refractivity (Wildman–Crippen MR) is 66.9 cm³/mol. The maximum atomic E-state index is 11.2. The lowest BCUT2D eigenvalue weighted by Gasteiger charge is -2.39. The molecule has 2 unspecified atom stereocenters. The van der Waals surface area contributed by atoms with Gasteiger partial charge in [0.1, 0.15) is 0 Å². The van der Waals surface area contributed by atoms with Crippen LogP contribution in [0.25, 0.3) is 0 Å². The molecule has 4 nitrogen and oxygen atoms in total. The molecule has 98 valence electrons. The number of hydrogen-bond acceptors (Lipinski definition) is 3. The summed E-state index contributed by atoms with van der Waals surface area (Å²) >= 11 is 0. The topological polar surface area (TPSA) is 52.6 Å². The molecule has 2 saturated heterocycles. The van der Waals surface area contributed by atoms with Gasteiger partial charge >= 0.3 is 5.97 Å². The minimum atomic E-state index is -0.705. The van der Waals surface area contributed by atoms with Gasteiger partial charge < -0.3 is 10.4 Å². The maximum absolute atomic E-state index is 11.2. The van der Waals surface area contributed by atoms with Crippen LogP contribution in [0.15, 0.2) is 0 Å². The van der Waals surface area contributed by atoms with Crippen molar-refractivity contribution in [2.24, 2.45) is 17.3 Å². The van der Waals surface area contributed by atoms with E-state index in [1.54, 1.807) is 0 Å². The van der Waals surface area contributed by atoms with Gasteiger partial charge in [0.15, 0.2) is 0 Å². The van der Waals surface area contributed by atoms with E-state index in [4.69, 9.17) is 0 Å². The fraction of sp³-hybridized carbons (Fsp3) is 0.923. The lowest BCUT2D eigenvalue weighted by atomic mass is 9.84. The second-order valence-electron chi connectivity index (χ2n) is 6.75. The molecule has 2 aliphatic heterocycles. The zero-order valence-electron chi connectivity index (χ0n) is 11.3. The van der Waals surface area contributed by atoms with Gasteiger partial charge in [0.05, 0.1) is 5.41 Å². The summed E-state index contributed by atoms with van der Waals surface area (Å²) < 4.78 is 0. The number of aliphatic carboxylic acids is 1. The first kappa shape index (κ1) is 12.8. The van der Waals surface area contributed by atoms with Gasteiger partial charge in [-0.05, 0) is 46.1 Å². The van der Waals surface area contributed by atoms with Crippen molar-refractivity contribution in [2.45, 2.75) is 33.2 Å². The first-order valence-electron chi connectivity index (χ1n) is 6.44. The zero-order chi connectivity index (χ0) is 12.8. The van der Waals surface area contributed by atoms with Crippen molar-refractivity contribution < 1.29 is 9.90 Å². The number of hydrogen-bond donors (Lipinski definition) is 2. The molecular weight excluding hydrogens is 216 g/mol.